The van der Waals surface area contributed by atoms with Gasteiger partial charge in [0.05, 0.1) is 21.7 Å². The number of rotatable bonds is 6. The first-order valence-corrected chi connectivity index (χ1v) is 11.3. The Labute approximate surface area is 143 Å². The number of benzene rings is 1. The molecular weight excluding hydrogens is 350 g/mol. The fourth-order valence-electron chi connectivity index (χ4n) is 2.57. The van der Waals surface area contributed by atoms with E-state index in [1.807, 2.05) is 0 Å². The van der Waals surface area contributed by atoms with Gasteiger partial charge in [-0.1, -0.05) is 13.8 Å². The van der Waals surface area contributed by atoms with Crippen LogP contribution in [0, 0.1) is 5.92 Å². The van der Waals surface area contributed by atoms with Gasteiger partial charge in [0.15, 0.2) is 19.7 Å². The largest absolute Gasteiger partial charge is 0.352 e. The third-order valence-corrected chi connectivity index (χ3v) is 8.27. The first-order valence-electron chi connectivity index (χ1n) is 7.94. The Morgan fingerprint density at radius 3 is 2.38 bits per heavy atom. The van der Waals surface area contributed by atoms with Crippen molar-refractivity contribution in [3.05, 3.63) is 29.8 Å². The zero-order valence-electron chi connectivity index (χ0n) is 13.9. The molecular formula is C16H23NO5S2. The van der Waals surface area contributed by atoms with Gasteiger partial charge in [-0.05, 0) is 43.0 Å². The molecule has 1 fully saturated rings. The van der Waals surface area contributed by atoms with E-state index in [4.69, 9.17) is 0 Å². The van der Waals surface area contributed by atoms with E-state index in [9.17, 15) is 21.6 Å². The van der Waals surface area contributed by atoms with Gasteiger partial charge in [0.25, 0.3) is 5.91 Å². The highest BCUT2D eigenvalue weighted by Crippen LogP contribution is 2.25. The maximum Gasteiger partial charge on any atom is 0.251 e. The highest BCUT2D eigenvalue weighted by Gasteiger charge is 2.37. The molecule has 1 aromatic carbocycles. The van der Waals surface area contributed by atoms with Crippen LogP contribution in [0.3, 0.4) is 0 Å². The average Bonchev–Trinajstić information content (AvgIpc) is 2.88. The predicted octanol–water partition coefficient (Wildman–Crippen LogP) is 1.42. The van der Waals surface area contributed by atoms with Crippen LogP contribution in [0.4, 0.5) is 0 Å². The molecule has 0 radical (unpaired) electrons. The van der Waals surface area contributed by atoms with Gasteiger partial charge >= 0.3 is 0 Å². The Morgan fingerprint density at radius 2 is 1.88 bits per heavy atom. The van der Waals surface area contributed by atoms with E-state index in [-0.39, 0.29) is 28.7 Å². The number of amides is 1. The van der Waals surface area contributed by atoms with Crippen LogP contribution in [0.1, 0.15) is 37.0 Å². The van der Waals surface area contributed by atoms with Crippen LogP contribution in [0.2, 0.25) is 0 Å². The minimum absolute atomic E-state index is 0.0586. The second-order valence-corrected chi connectivity index (χ2v) is 11.0. The van der Waals surface area contributed by atoms with Gasteiger partial charge in [-0.25, -0.2) is 16.8 Å². The number of hydrogen-bond donors (Lipinski definition) is 1. The summed E-state index contributed by atoms with van der Waals surface area (Å²) in [5.74, 6) is -0.177. The summed E-state index contributed by atoms with van der Waals surface area (Å²) >= 11 is 0. The standard InChI is InChI=1S/C16H23NO5S2/c1-12(2)7-9-17-16(18)13-3-5-14(6-4-13)24(21,22)15-8-10-23(19,20)11-15/h3-6,12,15H,7-11H2,1-2H3,(H,17,18)/t15-/m0/s1. The number of carbonyl (C=O) groups is 1. The summed E-state index contributed by atoms with van der Waals surface area (Å²) < 4.78 is 48.0. The molecule has 1 aromatic rings. The van der Waals surface area contributed by atoms with Gasteiger partial charge in [0.1, 0.15) is 0 Å². The predicted molar refractivity (Wildman–Crippen MR) is 92.5 cm³/mol. The van der Waals surface area contributed by atoms with Crippen molar-refractivity contribution in [2.45, 2.75) is 36.8 Å². The molecule has 1 heterocycles. The summed E-state index contributed by atoms with van der Waals surface area (Å²) in [5, 5.41) is 1.89. The highest BCUT2D eigenvalue weighted by atomic mass is 32.2. The van der Waals surface area contributed by atoms with Crippen molar-refractivity contribution in [2.24, 2.45) is 5.92 Å². The average molecular weight is 373 g/mol. The molecule has 1 amide bonds. The number of hydrogen-bond acceptors (Lipinski definition) is 5. The number of nitrogens with one attached hydrogen (secondary N) is 1. The van der Waals surface area contributed by atoms with Crippen molar-refractivity contribution >= 4 is 25.6 Å². The summed E-state index contributed by atoms with van der Waals surface area (Å²) in [7, 11) is -6.96. The molecule has 1 aliphatic rings. The molecule has 1 saturated heterocycles. The SMILES string of the molecule is CC(C)CCNC(=O)c1ccc(S(=O)(=O)[C@H]2CCS(=O)(=O)C2)cc1. The first-order chi connectivity index (χ1) is 11.1. The van der Waals surface area contributed by atoms with Crippen LogP contribution in [0.15, 0.2) is 29.2 Å². The van der Waals surface area contributed by atoms with Crippen LogP contribution in [0.25, 0.3) is 0 Å². The van der Waals surface area contributed by atoms with Crippen molar-refractivity contribution in [3.63, 3.8) is 0 Å². The topological polar surface area (TPSA) is 97.4 Å². The van der Waals surface area contributed by atoms with Crippen molar-refractivity contribution in [1.82, 2.24) is 5.32 Å². The second kappa shape index (κ2) is 7.23. The zero-order valence-corrected chi connectivity index (χ0v) is 15.5. The Balaban J connectivity index is 2.07. The van der Waals surface area contributed by atoms with Gasteiger partial charge < -0.3 is 5.32 Å². The summed E-state index contributed by atoms with van der Waals surface area (Å²) in [6.45, 7) is 4.69. The van der Waals surface area contributed by atoms with Crippen LogP contribution in [-0.2, 0) is 19.7 Å². The smallest absolute Gasteiger partial charge is 0.251 e. The lowest BCUT2D eigenvalue weighted by Gasteiger charge is -2.11. The maximum absolute atomic E-state index is 12.5. The zero-order chi connectivity index (χ0) is 18.0. The van der Waals surface area contributed by atoms with Gasteiger partial charge in [0.2, 0.25) is 0 Å². The molecule has 0 aromatic heterocycles. The summed E-state index contributed by atoms with van der Waals surface area (Å²) in [5.41, 5.74) is 0.386. The molecule has 0 aliphatic carbocycles. The van der Waals surface area contributed by atoms with E-state index >= 15 is 0 Å². The Hall–Kier alpha value is -1.41. The third-order valence-electron chi connectivity index (χ3n) is 4.08. The minimum Gasteiger partial charge on any atom is -0.352 e. The number of carbonyl (C=O) groups excluding carboxylic acids is 1. The molecule has 1 aliphatic heterocycles. The summed E-state index contributed by atoms with van der Waals surface area (Å²) in [4.78, 5) is 12.0. The molecule has 0 bridgehead atoms. The molecule has 24 heavy (non-hydrogen) atoms. The molecule has 8 heteroatoms. The van der Waals surface area contributed by atoms with Crippen molar-refractivity contribution < 1.29 is 21.6 Å². The van der Waals surface area contributed by atoms with Gasteiger partial charge in [-0.3, -0.25) is 4.79 Å². The normalized spacial score (nSPS) is 20.2. The van der Waals surface area contributed by atoms with Gasteiger partial charge in [0, 0.05) is 12.1 Å². The molecule has 0 saturated carbocycles. The lowest BCUT2D eigenvalue weighted by Crippen LogP contribution is -2.25. The van der Waals surface area contributed by atoms with Gasteiger partial charge in [-0.15, -0.1) is 0 Å². The molecule has 1 N–H and O–H groups in total. The van der Waals surface area contributed by atoms with E-state index in [1.54, 1.807) is 0 Å². The van der Waals surface area contributed by atoms with E-state index in [2.05, 4.69) is 19.2 Å². The molecule has 2 rings (SSSR count). The second-order valence-electron chi connectivity index (χ2n) is 6.53. The van der Waals surface area contributed by atoms with Gasteiger partial charge in [-0.2, -0.15) is 0 Å². The molecule has 0 spiro atoms. The summed E-state index contributed by atoms with van der Waals surface area (Å²) in [6.07, 6.45) is 0.996. The quantitative estimate of drug-likeness (QED) is 0.813. The van der Waals surface area contributed by atoms with Crippen LogP contribution >= 0.6 is 0 Å². The monoisotopic (exact) mass is 373 g/mol. The Morgan fingerprint density at radius 1 is 1.25 bits per heavy atom. The van der Waals surface area contributed by atoms with E-state index in [0.29, 0.717) is 18.0 Å². The third kappa shape index (κ3) is 4.57. The summed E-state index contributed by atoms with van der Waals surface area (Å²) in [6, 6.07) is 5.66. The van der Waals surface area contributed by atoms with Crippen molar-refractivity contribution in [2.75, 3.05) is 18.1 Å². The molecule has 1 atom stereocenters. The maximum atomic E-state index is 12.5. The lowest BCUT2D eigenvalue weighted by atomic mass is 10.1. The van der Waals surface area contributed by atoms with E-state index < -0.39 is 24.9 Å². The van der Waals surface area contributed by atoms with Crippen LogP contribution in [-0.4, -0.2) is 46.0 Å². The Kier molecular flexibility index (Phi) is 5.70. The van der Waals surface area contributed by atoms with Crippen LogP contribution < -0.4 is 5.32 Å². The van der Waals surface area contributed by atoms with Crippen molar-refractivity contribution in [1.29, 1.82) is 0 Å². The fraction of sp³-hybridized carbons (Fsp3) is 0.562. The van der Waals surface area contributed by atoms with E-state index in [0.717, 1.165) is 6.42 Å². The lowest BCUT2D eigenvalue weighted by molar-refractivity contribution is 0.0952. The van der Waals surface area contributed by atoms with Crippen molar-refractivity contribution in [3.8, 4) is 0 Å². The Bertz CT molecular complexity index is 795. The highest BCUT2D eigenvalue weighted by molar-refractivity contribution is 7.96. The number of sulfone groups is 2. The molecule has 134 valence electrons. The minimum atomic E-state index is -3.69. The van der Waals surface area contributed by atoms with E-state index in [1.165, 1.54) is 24.3 Å². The molecule has 6 nitrogen and oxygen atoms in total. The fourth-order valence-corrected chi connectivity index (χ4v) is 6.93. The first kappa shape index (κ1) is 18.9. The van der Waals surface area contributed by atoms with Crippen LogP contribution in [0.5, 0.6) is 0 Å². The molecule has 0 unspecified atom stereocenters.